The van der Waals surface area contributed by atoms with Gasteiger partial charge < -0.3 is 25.7 Å². The first-order valence-electron chi connectivity index (χ1n) is 13.3. The summed E-state index contributed by atoms with van der Waals surface area (Å²) in [4.78, 5) is 31.4. The Morgan fingerprint density at radius 1 is 1.24 bits per heavy atom. The Morgan fingerprint density at radius 3 is 2.90 bits per heavy atom. The molecule has 0 aliphatic carbocycles. The van der Waals surface area contributed by atoms with Gasteiger partial charge in [0.05, 0.1) is 19.3 Å². The first kappa shape index (κ1) is 26.5. The minimum atomic E-state index is -0.217. The van der Waals surface area contributed by atoms with Crippen molar-refractivity contribution in [2.75, 3.05) is 44.3 Å². The van der Waals surface area contributed by atoms with E-state index in [9.17, 15) is 9.59 Å². The monoisotopic (exact) mass is 566 g/mol. The summed E-state index contributed by atoms with van der Waals surface area (Å²) in [5.41, 5.74) is 11.3. The van der Waals surface area contributed by atoms with Crippen LogP contribution in [0.1, 0.15) is 16.1 Å². The summed E-state index contributed by atoms with van der Waals surface area (Å²) < 4.78 is 8.60. The number of anilines is 2. The molecule has 0 bridgehead atoms. The summed E-state index contributed by atoms with van der Waals surface area (Å²) in [5, 5.41) is 9.80. The number of rotatable bonds is 7. The molecule has 0 saturated carbocycles. The highest BCUT2D eigenvalue weighted by atomic mass is 32.1. The molecule has 0 spiro atoms. The second-order valence-corrected chi connectivity index (χ2v) is 10.8. The zero-order valence-corrected chi connectivity index (χ0v) is 23.6. The average molecular weight is 567 g/mol. The molecule has 9 nitrogen and oxygen atoms in total. The second-order valence-electron chi connectivity index (χ2n) is 9.96. The van der Waals surface area contributed by atoms with E-state index >= 15 is 0 Å². The van der Waals surface area contributed by atoms with E-state index in [-0.39, 0.29) is 11.8 Å². The van der Waals surface area contributed by atoms with Gasteiger partial charge in [0.2, 0.25) is 5.91 Å². The molecule has 2 aromatic carbocycles. The Balaban J connectivity index is 1.26. The Morgan fingerprint density at radius 2 is 2.10 bits per heavy atom. The minimum Gasteiger partial charge on any atom is -0.495 e. The topological polar surface area (TPSA) is 115 Å². The number of pyridine rings is 1. The van der Waals surface area contributed by atoms with Gasteiger partial charge in [-0.15, -0.1) is 11.3 Å². The molecule has 208 valence electrons. The Hall–Kier alpha value is -4.67. The second kappa shape index (κ2) is 11.1. The molecular formula is C31H30N6O3S. The van der Waals surface area contributed by atoms with Crippen molar-refractivity contribution in [2.24, 2.45) is 7.05 Å². The molecule has 5 aromatic rings. The van der Waals surface area contributed by atoms with Gasteiger partial charge >= 0.3 is 0 Å². The number of aryl methyl sites for hydroxylation is 1. The third kappa shape index (κ3) is 5.15. The van der Waals surface area contributed by atoms with Gasteiger partial charge in [0.15, 0.2) is 0 Å². The van der Waals surface area contributed by atoms with Crippen LogP contribution in [-0.2, 0) is 11.8 Å². The number of piperazine rings is 1. The number of hydrogen-bond donors (Lipinski definition) is 3. The number of aromatic nitrogens is 2. The van der Waals surface area contributed by atoms with Crippen LogP contribution in [0.3, 0.4) is 0 Å². The molecule has 0 radical (unpaired) electrons. The van der Waals surface area contributed by atoms with E-state index in [1.807, 2.05) is 66.2 Å². The number of nitrogen functional groups attached to an aromatic ring is 1. The van der Waals surface area contributed by atoms with E-state index in [0.29, 0.717) is 42.6 Å². The van der Waals surface area contributed by atoms with Crippen molar-refractivity contribution in [2.45, 2.75) is 0 Å². The zero-order chi connectivity index (χ0) is 28.5. The third-order valence-electron chi connectivity index (χ3n) is 7.38. The lowest BCUT2D eigenvalue weighted by molar-refractivity contribution is -0.123. The molecule has 0 unspecified atom stereocenters. The van der Waals surface area contributed by atoms with Crippen LogP contribution in [0, 0.1) is 0 Å². The van der Waals surface area contributed by atoms with Crippen LogP contribution in [-0.4, -0.2) is 59.6 Å². The predicted octanol–water partition coefficient (Wildman–Crippen LogP) is 4.74. The molecule has 2 amide bonds. The molecule has 0 atom stereocenters. The molecule has 4 heterocycles. The first-order chi connectivity index (χ1) is 19.9. The summed E-state index contributed by atoms with van der Waals surface area (Å²) in [5.74, 6) is 0.833. The van der Waals surface area contributed by atoms with Gasteiger partial charge in [-0.1, -0.05) is 36.4 Å². The standard InChI is InChI=1S/C31H30N6O3S/c1-36-24-8-4-3-6-20(24)14-25(36)31(39)35-23-10-9-19(15-26(23)40-2)22-18-41-29-21(16-34-30(32)28(22)29)7-5-12-37-13-11-33-27(38)17-37/h3-10,14-16,18H,11-13,17H2,1-2H3,(H2,32,34)(H,33,38)(H,35,39). The summed E-state index contributed by atoms with van der Waals surface area (Å²) >= 11 is 1.60. The summed E-state index contributed by atoms with van der Waals surface area (Å²) in [6, 6.07) is 15.5. The third-order valence-corrected chi connectivity index (χ3v) is 8.40. The lowest BCUT2D eigenvalue weighted by Gasteiger charge is -2.24. The fourth-order valence-electron chi connectivity index (χ4n) is 5.25. The van der Waals surface area contributed by atoms with Crippen LogP contribution in [0.2, 0.25) is 0 Å². The molecule has 4 N–H and O–H groups in total. The van der Waals surface area contributed by atoms with Gasteiger partial charge in [0, 0.05) is 65.0 Å². The summed E-state index contributed by atoms with van der Waals surface area (Å²) in [7, 11) is 3.47. The van der Waals surface area contributed by atoms with Crippen LogP contribution < -0.4 is 21.1 Å². The quantitative estimate of drug-likeness (QED) is 0.262. The van der Waals surface area contributed by atoms with Gasteiger partial charge in [-0.05, 0) is 35.2 Å². The highest BCUT2D eigenvalue weighted by Crippen LogP contribution is 2.41. The number of carbonyl (C=O) groups excluding carboxylic acids is 2. The smallest absolute Gasteiger partial charge is 0.272 e. The largest absolute Gasteiger partial charge is 0.495 e. The summed E-state index contributed by atoms with van der Waals surface area (Å²) in [6.07, 6.45) is 5.87. The van der Waals surface area contributed by atoms with E-state index in [1.54, 1.807) is 24.6 Å². The van der Waals surface area contributed by atoms with Crippen LogP contribution in [0.15, 0.2) is 66.2 Å². The van der Waals surface area contributed by atoms with E-state index in [0.717, 1.165) is 44.2 Å². The number of benzene rings is 2. The van der Waals surface area contributed by atoms with Gasteiger partial charge in [-0.25, -0.2) is 4.98 Å². The molecule has 1 fully saturated rings. The number of methoxy groups -OCH3 is 1. The van der Waals surface area contributed by atoms with Crippen molar-refractivity contribution in [1.29, 1.82) is 0 Å². The molecule has 10 heteroatoms. The lowest BCUT2D eigenvalue weighted by Crippen LogP contribution is -2.47. The van der Waals surface area contributed by atoms with Gasteiger partial charge in [-0.3, -0.25) is 14.5 Å². The molecule has 3 aromatic heterocycles. The fourth-order valence-corrected chi connectivity index (χ4v) is 6.33. The van der Waals surface area contributed by atoms with Crippen molar-refractivity contribution in [3.63, 3.8) is 0 Å². The maximum atomic E-state index is 13.2. The van der Waals surface area contributed by atoms with Crippen molar-refractivity contribution >= 4 is 61.7 Å². The zero-order valence-electron chi connectivity index (χ0n) is 22.8. The number of carbonyl (C=O) groups is 2. The lowest BCUT2D eigenvalue weighted by atomic mass is 10.0. The van der Waals surface area contributed by atoms with Crippen molar-refractivity contribution in [1.82, 2.24) is 19.8 Å². The normalized spacial score (nSPS) is 14.1. The Bertz CT molecular complexity index is 1820. The van der Waals surface area contributed by atoms with Gasteiger partial charge in [-0.2, -0.15) is 0 Å². The number of amides is 2. The van der Waals surface area contributed by atoms with Crippen LogP contribution in [0.5, 0.6) is 5.75 Å². The molecule has 1 aliphatic heterocycles. The van der Waals surface area contributed by atoms with E-state index in [1.165, 1.54) is 0 Å². The summed E-state index contributed by atoms with van der Waals surface area (Å²) in [6.45, 7) is 2.59. The number of ether oxygens (including phenoxy) is 1. The average Bonchev–Trinajstić information content (AvgIpc) is 3.57. The number of hydrogen-bond acceptors (Lipinski definition) is 7. The number of nitrogens with one attached hydrogen (secondary N) is 2. The highest BCUT2D eigenvalue weighted by Gasteiger charge is 2.18. The van der Waals surface area contributed by atoms with E-state index < -0.39 is 0 Å². The Labute approximate surface area is 241 Å². The molecule has 1 saturated heterocycles. The number of nitrogens with zero attached hydrogens (tertiary/aromatic N) is 3. The number of para-hydroxylation sites is 1. The van der Waals surface area contributed by atoms with Crippen LogP contribution in [0.25, 0.3) is 38.2 Å². The molecule has 6 rings (SSSR count). The van der Waals surface area contributed by atoms with Crippen molar-refractivity contribution in [3.05, 3.63) is 77.4 Å². The van der Waals surface area contributed by atoms with Crippen molar-refractivity contribution < 1.29 is 14.3 Å². The minimum absolute atomic E-state index is 0.0543. The molecule has 41 heavy (non-hydrogen) atoms. The highest BCUT2D eigenvalue weighted by molar-refractivity contribution is 7.18. The Kier molecular flexibility index (Phi) is 7.17. The maximum Gasteiger partial charge on any atom is 0.272 e. The van der Waals surface area contributed by atoms with Crippen LogP contribution >= 0.6 is 11.3 Å². The predicted molar refractivity (Wildman–Crippen MR) is 165 cm³/mol. The molecular weight excluding hydrogens is 536 g/mol. The SMILES string of the molecule is COc1cc(-c2csc3c(C=CCN4CCNC(=O)C4)cnc(N)c23)ccc1NC(=O)c1cc2ccccc2n1C. The van der Waals surface area contributed by atoms with E-state index in [2.05, 4.69) is 32.0 Å². The van der Waals surface area contributed by atoms with E-state index in [4.69, 9.17) is 10.5 Å². The van der Waals surface area contributed by atoms with Gasteiger partial charge in [0.1, 0.15) is 17.3 Å². The van der Waals surface area contributed by atoms with Gasteiger partial charge in [0.25, 0.3) is 5.91 Å². The van der Waals surface area contributed by atoms with Crippen molar-refractivity contribution in [3.8, 4) is 16.9 Å². The van der Waals surface area contributed by atoms with Crippen LogP contribution in [0.4, 0.5) is 11.5 Å². The number of fused-ring (bicyclic) bond motifs is 2. The number of thiophene rings is 1. The first-order valence-corrected chi connectivity index (χ1v) is 14.2. The number of nitrogens with two attached hydrogens (primary N) is 1. The maximum absolute atomic E-state index is 13.2. The molecule has 1 aliphatic rings. The fraction of sp³-hybridized carbons (Fsp3) is 0.194.